The van der Waals surface area contributed by atoms with Gasteiger partial charge in [0.05, 0.1) is 0 Å². The molecule has 7 heteroatoms. The summed E-state index contributed by atoms with van der Waals surface area (Å²) in [5, 5.41) is 7.18. The van der Waals surface area contributed by atoms with Crippen LogP contribution in [0.25, 0.3) is 0 Å². The molecule has 1 atom stereocenters. The van der Waals surface area contributed by atoms with E-state index in [0.29, 0.717) is 17.0 Å². The first-order chi connectivity index (χ1) is 17.6. The van der Waals surface area contributed by atoms with E-state index in [1.807, 2.05) is 0 Å². The number of thiocarbonyl (C=S) groups is 1. The number of fused-ring (bicyclic) bond motifs is 1. The predicted molar refractivity (Wildman–Crippen MR) is 153 cm³/mol. The van der Waals surface area contributed by atoms with E-state index in [2.05, 4.69) is 88.0 Å². The Balaban J connectivity index is 1.28. The van der Waals surface area contributed by atoms with E-state index in [9.17, 15) is 0 Å². The van der Waals surface area contributed by atoms with Crippen LogP contribution in [0.1, 0.15) is 42.9 Å². The molecular formula is C29H36N6S. The van der Waals surface area contributed by atoms with Gasteiger partial charge in [0.1, 0.15) is 11.6 Å². The van der Waals surface area contributed by atoms with Crippen molar-refractivity contribution in [2.75, 3.05) is 41.3 Å². The Labute approximate surface area is 220 Å². The van der Waals surface area contributed by atoms with E-state index in [0.717, 1.165) is 63.6 Å². The minimum absolute atomic E-state index is 0.570. The first-order valence-electron chi connectivity index (χ1n) is 13.2. The lowest BCUT2D eigenvalue weighted by atomic mass is 10.00. The standard InChI is InChI=1S/C29H36N6S/c1-22-9-8-17-34(20-22)26-19-27(35-18-15-24-13-5-6-14-25(24)21-35)32-28(31-26)33-29(36)30-16-7-12-23-10-3-2-4-11-23/h2-6,10-11,13-14,19,22H,7-9,12,15-18,20-21H2,1H3,(H2,30,31,32,33,36)/t22-/m0/s1. The third kappa shape index (κ3) is 6.32. The summed E-state index contributed by atoms with van der Waals surface area (Å²) < 4.78 is 0. The summed E-state index contributed by atoms with van der Waals surface area (Å²) in [4.78, 5) is 14.6. The number of aromatic nitrogens is 2. The summed E-state index contributed by atoms with van der Waals surface area (Å²) in [6, 6.07) is 21.4. The number of benzene rings is 2. The van der Waals surface area contributed by atoms with Crippen LogP contribution < -0.4 is 20.4 Å². The molecule has 1 saturated heterocycles. The summed E-state index contributed by atoms with van der Waals surface area (Å²) in [7, 11) is 0. The molecule has 2 aliphatic rings. The van der Waals surface area contributed by atoms with Crippen molar-refractivity contribution >= 4 is 34.9 Å². The molecule has 2 aliphatic heterocycles. The van der Waals surface area contributed by atoms with Gasteiger partial charge < -0.3 is 20.4 Å². The van der Waals surface area contributed by atoms with E-state index in [1.165, 1.54) is 29.5 Å². The Morgan fingerprint density at radius 1 is 0.972 bits per heavy atom. The lowest BCUT2D eigenvalue weighted by Crippen LogP contribution is -2.36. The number of nitrogens with zero attached hydrogens (tertiary/aromatic N) is 4. The number of piperidine rings is 1. The van der Waals surface area contributed by atoms with Crippen molar-refractivity contribution in [2.24, 2.45) is 5.92 Å². The molecule has 0 bridgehead atoms. The van der Waals surface area contributed by atoms with Crippen molar-refractivity contribution in [1.29, 1.82) is 0 Å². The molecule has 0 amide bonds. The van der Waals surface area contributed by atoms with Crippen LogP contribution >= 0.6 is 12.2 Å². The maximum atomic E-state index is 5.61. The fraction of sp³-hybridized carbons (Fsp3) is 0.414. The molecule has 0 unspecified atom stereocenters. The zero-order valence-corrected chi connectivity index (χ0v) is 21.9. The molecule has 0 saturated carbocycles. The Bertz CT molecular complexity index is 1170. The quantitative estimate of drug-likeness (QED) is 0.342. The van der Waals surface area contributed by atoms with Crippen LogP contribution in [-0.2, 0) is 19.4 Å². The Morgan fingerprint density at radius 2 is 1.72 bits per heavy atom. The van der Waals surface area contributed by atoms with Gasteiger partial charge in [0, 0.05) is 38.8 Å². The number of nitrogens with one attached hydrogen (secondary N) is 2. The molecule has 0 spiro atoms. The number of hydrogen-bond donors (Lipinski definition) is 2. The van der Waals surface area contributed by atoms with E-state index < -0.39 is 0 Å². The van der Waals surface area contributed by atoms with E-state index >= 15 is 0 Å². The van der Waals surface area contributed by atoms with Gasteiger partial charge in [0.25, 0.3) is 0 Å². The van der Waals surface area contributed by atoms with Crippen molar-refractivity contribution in [3.05, 3.63) is 77.4 Å². The van der Waals surface area contributed by atoms with Gasteiger partial charge in [-0.25, -0.2) is 0 Å². The van der Waals surface area contributed by atoms with Crippen LogP contribution in [0.5, 0.6) is 0 Å². The van der Waals surface area contributed by atoms with Gasteiger partial charge in [-0.15, -0.1) is 0 Å². The van der Waals surface area contributed by atoms with Crippen LogP contribution in [-0.4, -0.2) is 41.3 Å². The SMILES string of the molecule is C[C@H]1CCCN(c2cc(N3CCc4ccccc4C3)nc(NC(=S)NCCCc3ccccc3)n2)C1. The molecule has 36 heavy (non-hydrogen) atoms. The fourth-order valence-electron chi connectivity index (χ4n) is 5.18. The summed E-state index contributed by atoms with van der Waals surface area (Å²) in [6.07, 6.45) is 5.54. The highest BCUT2D eigenvalue weighted by molar-refractivity contribution is 7.80. The molecule has 5 rings (SSSR count). The van der Waals surface area contributed by atoms with Crippen LogP contribution in [0.15, 0.2) is 60.7 Å². The number of anilines is 3. The summed E-state index contributed by atoms with van der Waals surface area (Å²) in [5.74, 6) is 3.19. The first kappa shape index (κ1) is 24.5. The van der Waals surface area contributed by atoms with E-state index in [4.69, 9.17) is 22.2 Å². The van der Waals surface area contributed by atoms with Gasteiger partial charge in [-0.05, 0) is 66.9 Å². The number of hydrogen-bond acceptors (Lipinski definition) is 5. The van der Waals surface area contributed by atoms with Crippen molar-refractivity contribution < 1.29 is 0 Å². The molecule has 3 aromatic rings. The molecule has 0 radical (unpaired) electrons. The van der Waals surface area contributed by atoms with Crippen molar-refractivity contribution in [3.63, 3.8) is 0 Å². The molecular weight excluding hydrogens is 464 g/mol. The average molecular weight is 501 g/mol. The smallest absolute Gasteiger partial charge is 0.232 e. The van der Waals surface area contributed by atoms with Gasteiger partial charge >= 0.3 is 0 Å². The zero-order chi connectivity index (χ0) is 24.7. The zero-order valence-electron chi connectivity index (χ0n) is 21.1. The van der Waals surface area contributed by atoms with Crippen molar-refractivity contribution in [2.45, 2.75) is 45.6 Å². The fourth-order valence-corrected chi connectivity index (χ4v) is 5.37. The maximum absolute atomic E-state index is 5.61. The number of rotatable bonds is 7. The van der Waals surface area contributed by atoms with E-state index in [-0.39, 0.29) is 0 Å². The largest absolute Gasteiger partial charge is 0.362 e. The molecule has 3 heterocycles. The molecule has 2 aromatic carbocycles. The first-order valence-corrected chi connectivity index (χ1v) is 13.6. The third-order valence-electron chi connectivity index (χ3n) is 7.13. The van der Waals surface area contributed by atoms with Gasteiger partial charge in [-0.3, -0.25) is 0 Å². The summed E-state index contributed by atoms with van der Waals surface area (Å²) >= 11 is 5.61. The molecule has 1 fully saturated rings. The number of aryl methyl sites for hydroxylation is 1. The average Bonchev–Trinajstić information content (AvgIpc) is 2.91. The predicted octanol–water partition coefficient (Wildman–Crippen LogP) is 5.19. The molecule has 188 valence electrons. The van der Waals surface area contributed by atoms with Crippen LogP contribution in [0.3, 0.4) is 0 Å². The highest BCUT2D eigenvalue weighted by Gasteiger charge is 2.23. The second-order valence-electron chi connectivity index (χ2n) is 10.0. The lowest BCUT2D eigenvalue weighted by Gasteiger charge is -2.34. The summed E-state index contributed by atoms with van der Waals surface area (Å²) in [5.41, 5.74) is 4.16. The van der Waals surface area contributed by atoms with Gasteiger partial charge in [0.2, 0.25) is 5.95 Å². The maximum Gasteiger partial charge on any atom is 0.232 e. The Morgan fingerprint density at radius 3 is 2.53 bits per heavy atom. The second-order valence-corrected chi connectivity index (χ2v) is 10.4. The monoisotopic (exact) mass is 500 g/mol. The minimum atomic E-state index is 0.570. The van der Waals surface area contributed by atoms with Crippen LogP contribution in [0.2, 0.25) is 0 Å². The Kier molecular flexibility index (Phi) is 7.96. The lowest BCUT2D eigenvalue weighted by molar-refractivity contribution is 0.444. The van der Waals surface area contributed by atoms with Crippen LogP contribution in [0, 0.1) is 5.92 Å². The van der Waals surface area contributed by atoms with Crippen molar-refractivity contribution in [3.8, 4) is 0 Å². The molecule has 6 nitrogen and oxygen atoms in total. The van der Waals surface area contributed by atoms with Gasteiger partial charge in [0.15, 0.2) is 5.11 Å². The molecule has 1 aromatic heterocycles. The normalized spacial score (nSPS) is 17.4. The molecule has 2 N–H and O–H groups in total. The van der Waals surface area contributed by atoms with Gasteiger partial charge in [-0.2, -0.15) is 9.97 Å². The Hall–Kier alpha value is -3.19. The van der Waals surface area contributed by atoms with Crippen molar-refractivity contribution in [1.82, 2.24) is 15.3 Å². The van der Waals surface area contributed by atoms with Gasteiger partial charge in [-0.1, -0.05) is 61.5 Å². The summed E-state index contributed by atoms with van der Waals surface area (Å²) in [6.45, 7) is 7.01. The van der Waals surface area contributed by atoms with Crippen LogP contribution in [0.4, 0.5) is 17.6 Å². The highest BCUT2D eigenvalue weighted by Crippen LogP contribution is 2.29. The third-order valence-corrected chi connectivity index (χ3v) is 7.38. The second kappa shape index (κ2) is 11.7. The topological polar surface area (TPSA) is 56.3 Å². The minimum Gasteiger partial charge on any atom is -0.362 e. The molecule has 0 aliphatic carbocycles. The van der Waals surface area contributed by atoms with E-state index in [1.54, 1.807) is 0 Å². The highest BCUT2D eigenvalue weighted by atomic mass is 32.1.